The molecule has 0 atom stereocenters. The Hall–Kier alpha value is -1.51. The molecule has 0 spiro atoms. The highest BCUT2D eigenvalue weighted by atomic mass is 127. The van der Waals surface area contributed by atoms with Crippen molar-refractivity contribution >= 4 is 41.7 Å². The van der Waals surface area contributed by atoms with Crippen molar-refractivity contribution in [1.82, 2.24) is 10.6 Å². The fraction of sp³-hybridized carbons (Fsp3) is 0.556. The van der Waals surface area contributed by atoms with Crippen molar-refractivity contribution in [2.75, 3.05) is 25.5 Å². The zero-order chi connectivity index (χ0) is 17.6. The van der Waals surface area contributed by atoms with Gasteiger partial charge in [0.25, 0.3) is 0 Å². The molecular formula is C18H31IN4O2. The summed E-state index contributed by atoms with van der Waals surface area (Å²) < 4.78 is 4.56. The van der Waals surface area contributed by atoms with Gasteiger partial charge in [0, 0.05) is 18.8 Å². The fourth-order valence-corrected chi connectivity index (χ4v) is 2.13. The van der Waals surface area contributed by atoms with Crippen LogP contribution >= 0.6 is 24.0 Å². The minimum atomic E-state index is -0.470. The largest absolute Gasteiger partial charge is 0.453 e. The van der Waals surface area contributed by atoms with Crippen LogP contribution in [0.3, 0.4) is 0 Å². The van der Waals surface area contributed by atoms with Crippen LogP contribution < -0.4 is 16.0 Å². The van der Waals surface area contributed by atoms with E-state index in [0.29, 0.717) is 12.2 Å². The second-order valence-corrected chi connectivity index (χ2v) is 5.50. The maximum Gasteiger partial charge on any atom is 0.411 e. The first-order valence-corrected chi connectivity index (χ1v) is 8.65. The van der Waals surface area contributed by atoms with Gasteiger partial charge in [0.2, 0.25) is 0 Å². The molecule has 1 rings (SSSR count). The molecule has 0 heterocycles. The van der Waals surface area contributed by atoms with Crippen LogP contribution in [0.1, 0.15) is 45.1 Å². The minimum absolute atomic E-state index is 0. The first kappa shape index (κ1) is 23.5. The van der Waals surface area contributed by atoms with Crippen LogP contribution in [0.15, 0.2) is 29.3 Å². The predicted molar refractivity (Wildman–Crippen MR) is 115 cm³/mol. The van der Waals surface area contributed by atoms with Crippen molar-refractivity contribution in [3.63, 3.8) is 0 Å². The van der Waals surface area contributed by atoms with Gasteiger partial charge < -0.3 is 15.4 Å². The van der Waals surface area contributed by atoms with Gasteiger partial charge in [-0.3, -0.25) is 5.32 Å². The second-order valence-electron chi connectivity index (χ2n) is 5.50. The molecule has 1 amide bonds. The van der Waals surface area contributed by atoms with E-state index in [1.54, 1.807) is 0 Å². The molecule has 0 aliphatic heterocycles. The molecule has 25 heavy (non-hydrogen) atoms. The van der Waals surface area contributed by atoms with Gasteiger partial charge in [0.05, 0.1) is 13.7 Å². The van der Waals surface area contributed by atoms with Crippen LogP contribution in [0.4, 0.5) is 10.5 Å². The van der Waals surface area contributed by atoms with E-state index in [2.05, 4.69) is 39.5 Å². The highest BCUT2D eigenvalue weighted by molar-refractivity contribution is 14.0. The zero-order valence-electron chi connectivity index (χ0n) is 15.4. The molecule has 0 unspecified atom stereocenters. The highest BCUT2D eigenvalue weighted by Gasteiger charge is 2.01. The molecule has 0 aliphatic rings. The van der Waals surface area contributed by atoms with Crippen molar-refractivity contribution in [3.8, 4) is 0 Å². The normalized spacial score (nSPS) is 10.6. The molecular weight excluding hydrogens is 431 g/mol. The lowest BCUT2D eigenvalue weighted by Crippen LogP contribution is -2.37. The standard InChI is InChI=1S/C18H30N4O2.HI/c1-4-6-7-8-13-20-17(19-5-2)21-14-15-9-11-16(12-10-15)22-18(23)24-3;/h9-12H,4-8,13-14H2,1-3H3,(H,22,23)(H2,19,20,21);1H. The lowest BCUT2D eigenvalue weighted by molar-refractivity contribution is 0.187. The van der Waals surface area contributed by atoms with Gasteiger partial charge in [-0.05, 0) is 31.0 Å². The number of methoxy groups -OCH3 is 1. The van der Waals surface area contributed by atoms with E-state index >= 15 is 0 Å². The number of amides is 1. The Morgan fingerprint density at radius 2 is 1.80 bits per heavy atom. The van der Waals surface area contributed by atoms with E-state index in [0.717, 1.165) is 31.0 Å². The van der Waals surface area contributed by atoms with Gasteiger partial charge in [-0.1, -0.05) is 38.3 Å². The molecule has 6 nitrogen and oxygen atoms in total. The van der Waals surface area contributed by atoms with E-state index in [4.69, 9.17) is 0 Å². The van der Waals surface area contributed by atoms with Gasteiger partial charge in [0.1, 0.15) is 0 Å². The van der Waals surface area contributed by atoms with E-state index < -0.39 is 6.09 Å². The van der Waals surface area contributed by atoms with Gasteiger partial charge >= 0.3 is 6.09 Å². The van der Waals surface area contributed by atoms with Gasteiger partial charge in [-0.15, -0.1) is 24.0 Å². The second kappa shape index (κ2) is 14.8. The summed E-state index contributed by atoms with van der Waals surface area (Å²) in [4.78, 5) is 15.7. The minimum Gasteiger partial charge on any atom is -0.453 e. The molecule has 7 heteroatoms. The number of rotatable bonds is 9. The summed E-state index contributed by atoms with van der Waals surface area (Å²) in [6.07, 6.45) is 4.46. The summed E-state index contributed by atoms with van der Waals surface area (Å²) in [5, 5.41) is 9.24. The molecule has 0 radical (unpaired) electrons. The summed E-state index contributed by atoms with van der Waals surface area (Å²) in [5.41, 5.74) is 1.78. The van der Waals surface area contributed by atoms with Crippen LogP contribution in [0.5, 0.6) is 0 Å². The predicted octanol–water partition coefficient (Wildman–Crippen LogP) is 4.12. The molecule has 0 saturated heterocycles. The smallest absolute Gasteiger partial charge is 0.411 e. The number of aliphatic imine (C=N–C) groups is 1. The summed E-state index contributed by atoms with van der Waals surface area (Å²) in [6, 6.07) is 7.57. The first-order chi connectivity index (χ1) is 11.7. The number of carbonyl (C=O) groups excluding carboxylic acids is 1. The SMILES string of the molecule is CCCCCCNC(=NCc1ccc(NC(=O)OC)cc1)NCC.I. The average molecular weight is 462 g/mol. The number of anilines is 1. The Labute approximate surface area is 168 Å². The number of halogens is 1. The molecule has 142 valence electrons. The lowest BCUT2D eigenvalue weighted by Gasteiger charge is -2.11. The van der Waals surface area contributed by atoms with Crippen LogP contribution in [0, 0.1) is 0 Å². The first-order valence-electron chi connectivity index (χ1n) is 8.65. The monoisotopic (exact) mass is 462 g/mol. The third-order valence-corrected chi connectivity index (χ3v) is 3.47. The Balaban J connectivity index is 0.00000576. The summed E-state index contributed by atoms with van der Waals surface area (Å²) in [7, 11) is 1.34. The van der Waals surface area contributed by atoms with Gasteiger partial charge in [-0.25, -0.2) is 9.79 Å². The molecule has 1 aromatic carbocycles. The molecule has 0 saturated carbocycles. The summed E-state index contributed by atoms with van der Waals surface area (Å²) in [5.74, 6) is 0.839. The average Bonchev–Trinajstić information content (AvgIpc) is 2.60. The Kier molecular flexibility index (Phi) is 13.9. The maximum atomic E-state index is 11.1. The van der Waals surface area contributed by atoms with Crippen LogP contribution in [0.25, 0.3) is 0 Å². The number of hydrogen-bond donors (Lipinski definition) is 3. The Bertz CT molecular complexity index is 506. The molecule has 0 fully saturated rings. The number of guanidine groups is 1. The summed E-state index contributed by atoms with van der Waals surface area (Å²) >= 11 is 0. The number of unbranched alkanes of at least 4 members (excludes halogenated alkanes) is 3. The molecule has 0 bridgehead atoms. The van der Waals surface area contributed by atoms with Crippen molar-refractivity contribution < 1.29 is 9.53 Å². The number of hydrogen-bond acceptors (Lipinski definition) is 3. The van der Waals surface area contributed by atoms with Crippen LogP contribution in [-0.2, 0) is 11.3 Å². The van der Waals surface area contributed by atoms with Crippen molar-refractivity contribution in [3.05, 3.63) is 29.8 Å². The van der Waals surface area contributed by atoms with E-state index in [-0.39, 0.29) is 24.0 Å². The van der Waals surface area contributed by atoms with Gasteiger partial charge in [-0.2, -0.15) is 0 Å². The lowest BCUT2D eigenvalue weighted by atomic mass is 10.2. The van der Waals surface area contributed by atoms with Crippen molar-refractivity contribution in [2.24, 2.45) is 4.99 Å². The molecule has 0 aromatic heterocycles. The molecule has 1 aromatic rings. The Morgan fingerprint density at radius 3 is 2.40 bits per heavy atom. The summed E-state index contributed by atoms with van der Waals surface area (Å²) in [6.45, 7) is 6.63. The zero-order valence-corrected chi connectivity index (χ0v) is 17.8. The number of ether oxygens (including phenoxy) is 1. The van der Waals surface area contributed by atoms with E-state index in [1.807, 2.05) is 24.3 Å². The van der Waals surface area contributed by atoms with Crippen LogP contribution in [-0.4, -0.2) is 32.3 Å². The number of nitrogens with one attached hydrogen (secondary N) is 3. The van der Waals surface area contributed by atoms with Crippen molar-refractivity contribution in [1.29, 1.82) is 0 Å². The number of carbonyl (C=O) groups is 1. The van der Waals surface area contributed by atoms with Gasteiger partial charge in [0.15, 0.2) is 5.96 Å². The topological polar surface area (TPSA) is 74.8 Å². The molecule has 3 N–H and O–H groups in total. The van der Waals surface area contributed by atoms with Crippen LogP contribution in [0.2, 0.25) is 0 Å². The van der Waals surface area contributed by atoms with E-state index in [1.165, 1.54) is 26.4 Å². The quantitative estimate of drug-likeness (QED) is 0.224. The number of benzene rings is 1. The fourth-order valence-electron chi connectivity index (χ4n) is 2.13. The van der Waals surface area contributed by atoms with E-state index in [9.17, 15) is 4.79 Å². The third-order valence-electron chi connectivity index (χ3n) is 3.47. The highest BCUT2D eigenvalue weighted by Crippen LogP contribution is 2.10. The Morgan fingerprint density at radius 1 is 1.08 bits per heavy atom. The third kappa shape index (κ3) is 10.9. The van der Waals surface area contributed by atoms with Crippen molar-refractivity contribution in [2.45, 2.75) is 46.1 Å². The molecule has 0 aliphatic carbocycles. The number of nitrogens with zero attached hydrogens (tertiary/aromatic N) is 1. The maximum absolute atomic E-state index is 11.1.